The molecule has 0 radical (unpaired) electrons. The number of carbonyl (C=O) groups is 1. The Morgan fingerprint density at radius 1 is 1.43 bits per heavy atom. The number of rotatable bonds is 5. The molecule has 6 heteroatoms. The van der Waals surface area contributed by atoms with Crippen molar-refractivity contribution >= 4 is 22.5 Å². The Morgan fingerprint density at radius 2 is 2.19 bits per heavy atom. The number of benzene rings is 1. The van der Waals surface area contributed by atoms with Crippen molar-refractivity contribution < 1.29 is 9.53 Å². The molecule has 21 heavy (non-hydrogen) atoms. The number of nitrogens with two attached hydrogens (primary N) is 1. The minimum absolute atomic E-state index is 0.0975. The van der Waals surface area contributed by atoms with Crippen LogP contribution in [-0.4, -0.2) is 30.7 Å². The largest absolute Gasteiger partial charge is 0.398 e. The summed E-state index contributed by atoms with van der Waals surface area (Å²) in [7, 11) is 3.38. The van der Waals surface area contributed by atoms with Crippen molar-refractivity contribution in [2.45, 2.75) is 6.42 Å². The van der Waals surface area contributed by atoms with E-state index < -0.39 is 5.91 Å². The van der Waals surface area contributed by atoms with Gasteiger partial charge >= 0.3 is 0 Å². The van der Waals surface area contributed by atoms with Crippen LogP contribution in [0.1, 0.15) is 16.8 Å². The summed E-state index contributed by atoms with van der Waals surface area (Å²) in [6.07, 6.45) is 2.23. The summed E-state index contributed by atoms with van der Waals surface area (Å²) in [6, 6.07) is 5.24. The second-order valence-corrected chi connectivity index (χ2v) is 4.83. The molecule has 1 aromatic heterocycles. The smallest absolute Gasteiger partial charge is 0.256 e. The SMILES string of the molecule is COCCCNC(=O)c1cn(C)c2cccc(N)c2c1=O. The third kappa shape index (κ3) is 3.05. The van der Waals surface area contributed by atoms with Crippen LogP contribution < -0.4 is 16.5 Å². The Morgan fingerprint density at radius 3 is 2.90 bits per heavy atom. The fraction of sp³-hybridized carbons (Fsp3) is 0.333. The average Bonchev–Trinajstić information content (AvgIpc) is 2.47. The van der Waals surface area contributed by atoms with E-state index in [1.54, 1.807) is 36.9 Å². The molecule has 0 aliphatic heterocycles. The lowest BCUT2D eigenvalue weighted by Gasteiger charge is -2.10. The number of anilines is 1. The van der Waals surface area contributed by atoms with Gasteiger partial charge < -0.3 is 20.4 Å². The Balaban J connectivity index is 2.37. The van der Waals surface area contributed by atoms with Gasteiger partial charge in [-0.05, 0) is 18.6 Å². The quantitative estimate of drug-likeness (QED) is 0.632. The molecule has 0 fully saturated rings. The van der Waals surface area contributed by atoms with E-state index in [1.807, 2.05) is 0 Å². The topological polar surface area (TPSA) is 86.3 Å². The zero-order valence-electron chi connectivity index (χ0n) is 12.2. The molecule has 1 aromatic carbocycles. The van der Waals surface area contributed by atoms with Gasteiger partial charge in [-0.1, -0.05) is 6.07 Å². The number of ether oxygens (including phenoxy) is 1. The van der Waals surface area contributed by atoms with Gasteiger partial charge in [0, 0.05) is 39.2 Å². The third-order valence-corrected chi connectivity index (χ3v) is 3.30. The molecule has 0 atom stereocenters. The standard InChI is InChI=1S/C15H19N3O3/c1-18-9-10(15(20)17-7-4-8-21-2)14(19)13-11(16)5-3-6-12(13)18/h3,5-6,9H,4,7-8,16H2,1-2H3,(H,17,20). The molecule has 0 saturated carbocycles. The van der Waals surface area contributed by atoms with Crippen LogP contribution in [0.5, 0.6) is 0 Å². The zero-order chi connectivity index (χ0) is 15.4. The van der Waals surface area contributed by atoms with Crippen molar-refractivity contribution in [1.29, 1.82) is 0 Å². The summed E-state index contributed by atoms with van der Waals surface area (Å²) in [5, 5.41) is 3.09. The number of aryl methyl sites for hydroxylation is 1. The first kappa shape index (κ1) is 15.1. The molecule has 6 nitrogen and oxygen atoms in total. The van der Waals surface area contributed by atoms with Gasteiger partial charge in [0.15, 0.2) is 0 Å². The number of nitrogens with zero attached hydrogens (tertiary/aromatic N) is 1. The fourth-order valence-corrected chi connectivity index (χ4v) is 2.23. The van der Waals surface area contributed by atoms with E-state index in [1.165, 1.54) is 6.20 Å². The van der Waals surface area contributed by atoms with Crippen molar-refractivity contribution in [2.75, 3.05) is 26.0 Å². The lowest BCUT2D eigenvalue weighted by molar-refractivity contribution is 0.0947. The fourth-order valence-electron chi connectivity index (χ4n) is 2.23. The molecule has 1 amide bonds. The van der Waals surface area contributed by atoms with Crippen LogP contribution in [0.15, 0.2) is 29.2 Å². The second kappa shape index (κ2) is 6.41. The van der Waals surface area contributed by atoms with Gasteiger partial charge in [-0.15, -0.1) is 0 Å². The maximum absolute atomic E-state index is 12.5. The molecule has 1 heterocycles. The number of nitrogen functional groups attached to an aromatic ring is 1. The molecule has 2 aromatic rings. The van der Waals surface area contributed by atoms with Crippen LogP contribution in [-0.2, 0) is 11.8 Å². The molecule has 0 bridgehead atoms. The van der Waals surface area contributed by atoms with E-state index >= 15 is 0 Å². The number of hydrogen-bond donors (Lipinski definition) is 2. The summed E-state index contributed by atoms with van der Waals surface area (Å²) in [5.41, 5.74) is 6.71. The molecule has 0 unspecified atom stereocenters. The van der Waals surface area contributed by atoms with Crippen LogP contribution in [0.2, 0.25) is 0 Å². The minimum Gasteiger partial charge on any atom is -0.398 e. The monoisotopic (exact) mass is 289 g/mol. The Labute approximate surface area is 122 Å². The Bertz CT molecular complexity index is 722. The number of hydrogen-bond acceptors (Lipinski definition) is 4. The summed E-state index contributed by atoms with van der Waals surface area (Å²) >= 11 is 0. The molecular weight excluding hydrogens is 270 g/mol. The molecule has 112 valence electrons. The minimum atomic E-state index is -0.392. The van der Waals surface area contributed by atoms with Gasteiger partial charge in [-0.2, -0.15) is 0 Å². The summed E-state index contributed by atoms with van der Waals surface area (Å²) < 4.78 is 6.65. The van der Waals surface area contributed by atoms with Gasteiger partial charge in [0.2, 0.25) is 5.43 Å². The summed E-state index contributed by atoms with van der Waals surface area (Å²) in [5.74, 6) is -0.392. The maximum Gasteiger partial charge on any atom is 0.256 e. The normalized spacial score (nSPS) is 10.8. The first-order valence-electron chi connectivity index (χ1n) is 6.71. The highest BCUT2D eigenvalue weighted by Gasteiger charge is 2.15. The lowest BCUT2D eigenvalue weighted by atomic mass is 10.1. The first-order valence-corrected chi connectivity index (χ1v) is 6.71. The summed E-state index contributed by atoms with van der Waals surface area (Å²) in [6.45, 7) is 1.01. The Hall–Kier alpha value is -2.34. The number of nitrogens with one attached hydrogen (secondary N) is 1. The number of aromatic nitrogens is 1. The average molecular weight is 289 g/mol. The van der Waals surface area contributed by atoms with E-state index in [9.17, 15) is 9.59 Å². The van der Waals surface area contributed by atoms with Crippen LogP contribution in [0.25, 0.3) is 10.9 Å². The maximum atomic E-state index is 12.5. The highest BCUT2D eigenvalue weighted by atomic mass is 16.5. The number of carbonyl (C=O) groups excluding carboxylic acids is 1. The van der Waals surface area contributed by atoms with Gasteiger partial charge in [-0.25, -0.2) is 0 Å². The van der Waals surface area contributed by atoms with Gasteiger partial charge in [-0.3, -0.25) is 9.59 Å². The molecule has 2 rings (SSSR count). The highest BCUT2D eigenvalue weighted by Crippen LogP contribution is 2.17. The molecule has 0 aliphatic rings. The predicted molar refractivity (Wildman–Crippen MR) is 82.4 cm³/mol. The van der Waals surface area contributed by atoms with Gasteiger partial charge in [0.1, 0.15) is 5.56 Å². The van der Waals surface area contributed by atoms with Crippen LogP contribution >= 0.6 is 0 Å². The molecule has 0 spiro atoms. The molecule has 3 N–H and O–H groups in total. The number of pyridine rings is 1. The van der Waals surface area contributed by atoms with Crippen LogP contribution in [0.3, 0.4) is 0 Å². The first-order chi connectivity index (χ1) is 10.1. The molecule has 0 saturated heterocycles. The molecular formula is C15H19N3O3. The zero-order valence-corrected chi connectivity index (χ0v) is 12.2. The lowest BCUT2D eigenvalue weighted by Crippen LogP contribution is -2.31. The van der Waals surface area contributed by atoms with E-state index in [0.717, 1.165) is 0 Å². The van der Waals surface area contributed by atoms with Crippen molar-refractivity contribution in [1.82, 2.24) is 9.88 Å². The third-order valence-electron chi connectivity index (χ3n) is 3.30. The second-order valence-electron chi connectivity index (χ2n) is 4.83. The van der Waals surface area contributed by atoms with Crippen molar-refractivity contribution in [3.63, 3.8) is 0 Å². The predicted octanol–water partition coefficient (Wildman–Crippen LogP) is 0.887. The van der Waals surface area contributed by atoms with Crippen molar-refractivity contribution in [2.24, 2.45) is 7.05 Å². The van der Waals surface area contributed by atoms with Crippen molar-refractivity contribution in [3.8, 4) is 0 Å². The van der Waals surface area contributed by atoms with E-state index in [2.05, 4.69) is 5.32 Å². The van der Waals surface area contributed by atoms with E-state index in [4.69, 9.17) is 10.5 Å². The summed E-state index contributed by atoms with van der Waals surface area (Å²) in [4.78, 5) is 24.6. The van der Waals surface area contributed by atoms with E-state index in [-0.39, 0.29) is 11.0 Å². The molecule has 0 aliphatic carbocycles. The number of fused-ring (bicyclic) bond motifs is 1. The van der Waals surface area contributed by atoms with Gasteiger partial charge in [0.25, 0.3) is 5.91 Å². The highest BCUT2D eigenvalue weighted by molar-refractivity contribution is 6.00. The van der Waals surface area contributed by atoms with Crippen molar-refractivity contribution in [3.05, 3.63) is 40.2 Å². The van der Waals surface area contributed by atoms with Crippen LogP contribution in [0.4, 0.5) is 5.69 Å². The van der Waals surface area contributed by atoms with Gasteiger partial charge in [0.05, 0.1) is 10.9 Å². The number of methoxy groups -OCH3 is 1. The van der Waals surface area contributed by atoms with E-state index in [0.29, 0.717) is 36.2 Å². The van der Waals surface area contributed by atoms with Crippen LogP contribution in [0, 0.1) is 0 Å². The number of amides is 1. The Kier molecular flexibility index (Phi) is 4.59.